The molecular formula is C27H35BrO4P2Pd+2. The van der Waals surface area contributed by atoms with Crippen molar-refractivity contribution in [2.75, 3.05) is 0 Å². The summed E-state index contributed by atoms with van der Waals surface area (Å²) in [6.45, 7) is 12.3. The number of hydrogen-bond donors (Lipinski definition) is 1. The Morgan fingerprint density at radius 1 is 0.829 bits per heavy atom. The summed E-state index contributed by atoms with van der Waals surface area (Å²) in [5, 5.41) is 12.2. The van der Waals surface area contributed by atoms with Gasteiger partial charge in [-0.25, -0.2) is 4.89 Å². The van der Waals surface area contributed by atoms with Crippen molar-refractivity contribution < 1.29 is 39.8 Å². The van der Waals surface area contributed by atoms with Crippen LogP contribution < -0.4 is 15.7 Å². The van der Waals surface area contributed by atoms with Crippen LogP contribution in [0.5, 0.6) is 0 Å². The van der Waals surface area contributed by atoms with Gasteiger partial charge in [0.1, 0.15) is 18.3 Å². The van der Waals surface area contributed by atoms with E-state index in [1.807, 2.05) is 81.4 Å². The van der Waals surface area contributed by atoms with Gasteiger partial charge in [0.15, 0.2) is 8.15 Å². The zero-order valence-electron chi connectivity index (χ0n) is 20.9. The molecule has 0 saturated carbocycles. The summed E-state index contributed by atoms with van der Waals surface area (Å²) in [6.07, 6.45) is 0. The Bertz CT molecular complexity index is 1030. The molecule has 0 saturated heterocycles. The maximum absolute atomic E-state index is 11.9. The van der Waals surface area contributed by atoms with E-state index in [0.717, 1.165) is 15.1 Å². The molecule has 1 unspecified atom stereocenters. The summed E-state index contributed by atoms with van der Waals surface area (Å²) < 4.78 is 12.7. The molecule has 8 heteroatoms. The van der Waals surface area contributed by atoms with Crippen molar-refractivity contribution in [2.24, 2.45) is 0 Å². The topological polar surface area (TPSA) is 77.4 Å². The standard InChI is InChI=1S/2C10H15OP.C7H5BrO2.Pd/c2*1-10(2,3)12(11)9-7-5-4-6-8-9;8-6-3-1-5(2-4-6)7(9)10;/h4-8,12H,1-3H3;4-8,11H,1-3H3;1-4H,(H,9,10);/q;;;+2. The van der Waals surface area contributed by atoms with Crippen LogP contribution in [0.25, 0.3) is 0 Å². The molecule has 3 rings (SSSR count). The number of carboxylic acid groups (broad SMARTS) is 1. The largest absolute Gasteiger partial charge is 2.00 e. The number of carboxylic acids is 1. The van der Waals surface area contributed by atoms with E-state index >= 15 is 0 Å². The normalized spacial score (nSPS) is 12.5. The van der Waals surface area contributed by atoms with Crippen LogP contribution in [-0.2, 0) is 25.0 Å². The van der Waals surface area contributed by atoms with Crippen molar-refractivity contribution in [1.82, 2.24) is 0 Å². The van der Waals surface area contributed by atoms with Crippen molar-refractivity contribution in [1.29, 1.82) is 0 Å². The van der Waals surface area contributed by atoms with E-state index < -0.39 is 21.9 Å². The Kier molecular flexibility index (Phi) is 15.4. The predicted octanol–water partition coefficient (Wildman–Crippen LogP) is 5.71. The fourth-order valence-corrected chi connectivity index (χ4v) is 5.64. The molecule has 0 heterocycles. The minimum absolute atomic E-state index is 0. The maximum atomic E-state index is 11.9. The van der Waals surface area contributed by atoms with Crippen molar-refractivity contribution in [3.05, 3.63) is 95.0 Å². The van der Waals surface area contributed by atoms with E-state index in [2.05, 4.69) is 36.7 Å². The van der Waals surface area contributed by atoms with Gasteiger partial charge in [0, 0.05) is 14.9 Å². The van der Waals surface area contributed by atoms with Gasteiger partial charge in [-0.3, -0.25) is 0 Å². The third-order valence-corrected chi connectivity index (χ3v) is 9.60. The second kappa shape index (κ2) is 15.9. The monoisotopic (exact) mass is 670 g/mol. The number of carbonyl (C=O) groups excluding carboxylic acids is 1. The van der Waals surface area contributed by atoms with Crippen LogP contribution in [-0.4, -0.2) is 21.2 Å². The molecule has 0 aliphatic rings. The Balaban J connectivity index is 0.000000491. The van der Waals surface area contributed by atoms with E-state index in [-0.39, 0.29) is 36.3 Å². The first-order chi connectivity index (χ1) is 15.7. The maximum Gasteiger partial charge on any atom is 2.00 e. The van der Waals surface area contributed by atoms with E-state index in [4.69, 9.17) is 0 Å². The second-order valence-electron chi connectivity index (χ2n) is 9.70. The molecule has 0 aromatic heterocycles. The van der Waals surface area contributed by atoms with Crippen LogP contribution in [0.15, 0.2) is 89.4 Å². The van der Waals surface area contributed by atoms with E-state index in [0.29, 0.717) is 0 Å². The minimum Gasteiger partial charge on any atom is -0.545 e. The number of hydrogen-bond acceptors (Lipinski definition) is 4. The first-order valence-corrected chi connectivity index (χ1v) is 14.6. The number of rotatable bonds is 3. The molecule has 3 aromatic carbocycles. The molecule has 0 spiro atoms. The van der Waals surface area contributed by atoms with Gasteiger partial charge in [-0.2, -0.15) is 0 Å². The van der Waals surface area contributed by atoms with Crippen LogP contribution in [0.4, 0.5) is 0 Å². The van der Waals surface area contributed by atoms with E-state index in [1.165, 1.54) is 12.1 Å². The van der Waals surface area contributed by atoms with Gasteiger partial charge in [-0.1, -0.05) is 97.4 Å². The third-order valence-electron chi connectivity index (χ3n) is 4.55. The number of benzene rings is 3. The molecule has 192 valence electrons. The van der Waals surface area contributed by atoms with Gasteiger partial charge < -0.3 is 14.5 Å². The summed E-state index contributed by atoms with van der Waals surface area (Å²) in [4.78, 5) is 20.1. The Morgan fingerprint density at radius 3 is 1.63 bits per heavy atom. The van der Waals surface area contributed by atoms with Crippen molar-refractivity contribution >= 4 is 48.5 Å². The zero-order chi connectivity index (χ0) is 25.9. The second-order valence-corrected chi connectivity index (χ2v) is 16.1. The summed E-state index contributed by atoms with van der Waals surface area (Å²) in [7, 11) is -3.02. The van der Waals surface area contributed by atoms with Gasteiger partial charge in [0.2, 0.25) is 0 Å². The van der Waals surface area contributed by atoms with Crippen LogP contribution in [0, 0.1) is 0 Å². The van der Waals surface area contributed by atoms with Crippen LogP contribution >= 0.6 is 31.9 Å². The summed E-state index contributed by atoms with van der Waals surface area (Å²) in [6, 6.07) is 25.9. The van der Waals surface area contributed by atoms with Crippen molar-refractivity contribution in [2.45, 2.75) is 51.9 Å². The van der Waals surface area contributed by atoms with Crippen LogP contribution in [0.1, 0.15) is 51.9 Å². The number of aromatic carboxylic acids is 1. The molecule has 0 aliphatic heterocycles. The molecule has 0 bridgehead atoms. The predicted molar refractivity (Wildman–Crippen MR) is 150 cm³/mol. The molecular weight excluding hydrogens is 637 g/mol. The Labute approximate surface area is 234 Å². The molecule has 4 nitrogen and oxygen atoms in total. The fraction of sp³-hybridized carbons (Fsp3) is 0.296. The summed E-state index contributed by atoms with van der Waals surface area (Å²) in [5.41, 5.74) is 0.197. The van der Waals surface area contributed by atoms with Crippen LogP contribution in [0.3, 0.4) is 0 Å². The molecule has 2 atom stereocenters. The Hall–Kier alpha value is -1.11. The smallest absolute Gasteiger partial charge is 0.545 e. The average molecular weight is 672 g/mol. The van der Waals surface area contributed by atoms with Gasteiger partial charge in [-0.15, -0.1) is 0 Å². The average Bonchev–Trinajstić information content (AvgIpc) is 2.79. The molecule has 1 N–H and O–H groups in total. The quantitative estimate of drug-likeness (QED) is 0.286. The molecule has 3 aromatic rings. The zero-order valence-corrected chi connectivity index (χ0v) is 26.1. The fourth-order valence-electron chi connectivity index (χ4n) is 2.64. The Morgan fingerprint density at radius 2 is 1.26 bits per heavy atom. The molecule has 0 radical (unpaired) electrons. The number of halogens is 1. The summed E-state index contributed by atoms with van der Waals surface area (Å²) >= 11 is 3.18. The minimum atomic E-state index is -1.63. The van der Waals surface area contributed by atoms with Crippen molar-refractivity contribution in [3.63, 3.8) is 0 Å². The molecule has 0 amide bonds. The van der Waals surface area contributed by atoms with Crippen LogP contribution in [0.2, 0.25) is 0 Å². The molecule has 0 aliphatic carbocycles. The third kappa shape index (κ3) is 13.1. The first-order valence-electron chi connectivity index (χ1n) is 10.9. The van der Waals surface area contributed by atoms with E-state index in [1.54, 1.807) is 12.1 Å². The van der Waals surface area contributed by atoms with E-state index in [9.17, 15) is 19.4 Å². The number of carbonyl (C=O) groups is 1. The SMILES string of the molecule is CC(C)(C)[P@@H](=O)c1ccccc1.CC(C)(C)[PH+](O)c1ccccc1.O=C([O-])c1ccc(Br)cc1.[Pd+2]. The molecule has 35 heavy (non-hydrogen) atoms. The van der Waals surface area contributed by atoms with Gasteiger partial charge in [-0.05, 0) is 50.6 Å². The molecule has 0 fully saturated rings. The van der Waals surface area contributed by atoms with Crippen molar-refractivity contribution in [3.8, 4) is 0 Å². The van der Waals surface area contributed by atoms with Gasteiger partial charge >= 0.3 is 20.4 Å². The first kappa shape index (κ1) is 33.9. The van der Waals surface area contributed by atoms with Gasteiger partial charge in [0.25, 0.3) is 0 Å². The van der Waals surface area contributed by atoms with Gasteiger partial charge in [0.05, 0.1) is 5.97 Å². The summed E-state index contributed by atoms with van der Waals surface area (Å²) in [5.74, 6) is -1.15.